The summed E-state index contributed by atoms with van der Waals surface area (Å²) in [5.74, 6) is -2.03. The van der Waals surface area contributed by atoms with Crippen LogP contribution >= 0.6 is 22.7 Å². The monoisotopic (exact) mass is 1000 g/mol. The van der Waals surface area contributed by atoms with E-state index in [-0.39, 0.29) is 33.0 Å². The molecule has 0 radical (unpaired) electrons. The number of hydrogen-bond acceptors (Lipinski definition) is 11. The molecule has 0 aliphatic rings. The molecule has 4 aromatic heterocycles. The van der Waals surface area contributed by atoms with Crippen LogP contribution in [0.15, 0.2) is 142 Å². The quantitative estimate of drug-likeness (QED) is 0.0820. The lowest BCUT2D eigenvalue weighted by Gasteiger charge is -2.09. The highest BCUT2D eigenvalue weighted by Crippen LogP contribution is 2.37. The standard InChI is InChI=1S/C23H18F3NO5S2.C22H16F3NO5S2/c1-31-21(28)9-6-15-5-7-19-16(13-15)11-12-27(19)34(29,30)22-10-8-20(33-22)17-3-2-4-18(14-17)32-23(24,25)26;23-22(24,25)31-17-3-1-2-16(13-17)19-7-9-21(32-19)33(29,30)26-11-10-15-12-14(4-6-18(15)26)5-8-20(27)28/h2-5,7-8,10-14H,6,9H2,1H3;1-4,6-7,9-13H,5,8H2,(H,27,28). The van der Waals surface area contributed by atoms with Gasteiger partial charge in [0.2, 0.25) is 0 Å². The van der Waals surface area contributed by atoms with Gasteiger partial charge in [-0.25, -0.2) is 7.94 Å². The third kappa shape index (κ3) is 11.7. The van der Waals surface area contributed by atoms with Crippen LogP contribution in [0.3, 0.4) is 0 Å². The fraction of sp³-hybridized carbons (Fsp3) is 0.156. The first-order chi connectivity index (χ1) is 31.6. The van der Waals surface area contributed by atoms with Crippen molar-refractivity contribution in [2.24, 2.45) is 0 Å². The van der Waals surface area contributed by atoms with Crippen molar-refractivity contribution >= 4 is 76.5 Å². The van der Waals surface area contributed by atoms with Gasteiger partial charge in [-0.1, -0.05) is 36.4 Å². The second-order valence-corrected chi connectivity index (χ2v) is 20.6. The Morgan fingerprint density at radius 2 is 1.01 bits per heavy atom. The normalized spacial score (nSPS) is 12.2. The number of carbonyl (C=O) groups excluding carboxylic acids is 1. The van der Waals surface area contributed by atoms with Gasteiger partial charge in [-0.05, 0) is 120 Å². The topological polar surface area (TPSA) is 160 Å². The molecule has 1 N–H and O–H groups in total. The number of nitrogens with zero attached hydrogens (tertiary/aromatic N) is 2. The molecule has 22 heteroatoms. The van der Waals surface area contributed by atoms with E-state index in [1.54, 1.807) is 60.7 Å². The zero-order chi connectivity index (χ0) is 48.3. The van der Waals surface area contributed by atoms with E-state index >= 15 is 0 Å². The number of aliphatic carboxylic acids is 1. The Balaban J connectivity index is 0.000000199. The number of esters is 1. The fourth-order valence-corrected chi connectivity index (χ4v) is 12.3. The Kier molecular flexibility index (Phi) is 13.9. The maximum atomic E-state index is 13.3. The highest BCUT2D eigenvalue weighted by Gasteiger charge is 2.32. The zero-order valence-corrected chi connectivity index (χ0v) is 37.7. The summed E-state index contributed by atoms with van der Waals surface area (Å²) >= 11 is 1.88. The summed E-state index contributed by atoms with van der Waals surface area (Å²) in [5, 5.41) is 10.2. The number of aryl methyl sites for hydroxylation is 2. The van der Waals surface area contributed by atoms with Crippen LogP contribution in [0.5, 0.6) is 11.5 Å². The first kappa shape index (κ1) is 48.3. The molecule has 350 valence electrons. The van der Waals surface area contributed by atoms with Crippen LogP contribution in [0.2, 0.25) is 0 Å². The van der Waals surface area contributed by atoms with E-state index in [4.69, 9.17) is 5.11 Å². The van der Waals surface area contributed by atoms with Crippen LogP contribution in [0.4, 0.5) is 26.3 Å². The van der Waals surface area contributed by atoms with Gasteiger partial charge in [-0.3, -0.25) is 9.59 Å². The van der Waals surface area contributed by atoms with Gasteiger partial charge in [0.05, 0.1) is 18.1 Å². The molecule has 8 rings (SSSR count). The number of hydrogen-bond donors (Lipinski definition) is 1. The second-order valence-electron chi connectivity index (χ2n) is 14.4. The average Bonchev–Trinajstić information content (AvgIpc) is 4.10. The van der Waals surface area contributed by atoms with Crippen LogP contribution in [0.1, 0.15) is 24.0 Å². The molecule has 0 spiro atoms. The predicted octanol–water partition coefficient (Wildman–Crippen LogP) is 11.1. The fourth-order valence-electron chi connectivity index (χ4n) is 6.78. The molecule has 0 unspecified atom stereocenters. The minimum atomic E-state index is -4.83. The van der Waals surface area contributed by atoms with Crippen LogP contribution in [0.25, 0.3) is 42.7 Å². The minimum absolute atomic E-state index is 0.0205. The molecule has 0 saturated carbocycles. The van der Waals surface area contributed by atoms with E-state index in [0.717, 1.165) is 41.7 Å². The van der Waals surface area contributed by atoms with Crippen LogP contribution in [-0.4, -0.2) is 61.7 Å². The number of ether oxygens (including phenoxy) is 3. The Morgan fingerprint density at radius 1 is 0.582 bits per heavy atom. The predicted molar refractivity (Wildman–Crippen MR) is 238 cm³/mol. The van der Waals surface area contributed by atoms with E-state index in [1.807, 2.05) is 6.07 Å². The molecule has 4 aromatic carbocycles. The van der Waals surface area contributed by atoms with Crippen LogP contribution in [-0.2, 0) is 47.2 Å². The molecule has 12 nitrogen and oxygen atoms in total. The van der Waals surface area contributed by atoms with E-state index in [0.29, 0.717) is 55.5 Å². The van der Waals surface area contributed by atoms with Crippen molar-refractivity contribution in [1.82, 2.24) is 7.94 Å². The number of alkyl halides is 6. The lowest BCUT2D eigenvalue weighted by Crippen LogP contribution is -2.17. The summed E-state index contributed by atoms with van der Waals surface area (Å²) < 4.78 is 143. The number of carboxylic acids is 1. The van der Waals surface area contributed by atoms with Gasteiger partial charge in [-0.15, -0.1) is 49.0 Å². The van der Waals surface area contributed by atoms with Gasteiger partial charge in [-0.2, -0.15) is 16.8 Å². The summed E-state index contributed by atoms with van der Waals surface area (Å²) in [5.41, 5.74) is 3.35. The molecular formula is C45H34F6N2O10S4. The molecule has 0 saturated heterocycles. The maximum absolute atomic E-state index is 13.3. The third-order valence-corrected chi connectivity index (χ3v) is 16.4. The van der Waals surface area contributed by atoms with E-state index in [1.165, 1.54) is 74.1 Å². The highest BCUT2D eigenvalue weighted by atomic mass is 32.3. The molecule has 0 fully saturated rings. The molecule has 67 heavy (non-hydrogen) atoms. The number of thiophene rings is 2. The lowest BCUT2D eigenvalue weighted by molar-refractivity contribution is -0.275. The largest absolute Gasteiger partial charge is 0.573 e. The molecule has 8 aromatic rings. The number of methoxy groups -OCH3 is 1. The number of fused-ring (bicyclic) bond motifs is 2. The summed E-state index contributed by atoms with van der Waals surface area (Å²) in [6, 6.07) is 30.2. The summed E-state index contributed by atoms with van der Waals surface area (Å²) in [6.07, 6.45) is -5.81. The van der Waals surface area contributed by atoms with Gasteiger partial charge < -0.3 is 19.3 Å². The number of carbonyl (C=O) groups is 2. The molecule has 4 heterocycles. The second kappa shape index (κ2) is 19.3. The number of rotatable bonds is 14. The number of aromatic nitrogens is 2. The molecule has 0 amide bonds. The zero-order valence-electron chi connectivity index (χ0n) is 34.4. The number of benzene rings is 4. The third-order valence-electron chi connectivity index (χ3n) is 9.80. The van der Waals surface area contributed by atoms with E-state index < -0.39 is 44.5 Å². The van der Waals surface area contributed by atoms with Crippen molar-refractivity contribution in [3.8, 4) is 32.4 Å². The Bertz CT molecular complexity index is 3330. The van der Waals surface area contributed by atoms with Gasteiger partial charge in [0, 0.05) is 45.8 Å². The Morgan fingerprint density at radius 3 is 1.42 bits per heavy atom. The van der Waals surface area contributed by atoms with Gasteiger partial charge >= 0.3 is 24.7 Å². The van der Waals surface area contributed by atoms with Crippen LogP contribution < -0.4 is 9.47 Å². The van der Waals surface area contributed by atoms with Crippen LogP contribution in [0, 0.1) is 0 Å². The van der Waals surface area contributed by atoms with Gasteiger partial charge in [0.25, 0.3) is 20.0 Å². The van der Waals surface area contributed by atoms with Crippen molar-refractivity contribution < 1.29 is 72.1 Å². The molecule has 0 aliphatic carbocycles. The van der Waals surface area contributed by atoms with Crippen molar-refractivity contribution in [2.45, 2.75) is 46.8 Å². The maximum Gasteiger partial charge on any atom is 0.573 e. The Labute approximate surface area is 385 Å². The number of carboxylic acid groups (broad SMARTS) is 1. The van der Waals surface area contributed by atoms with Gasteiger partial charge in [0.1, 0.15) is 19.9 Å². The minimum Gasteiger partial charge on any atom is -0.481 e. The number of halogens is 6. The first-order valence-electron chi connectivity index (χ1n) is 19.5. The smallest absolute Gasteiger partial charge is 0.481 e. The molecule has 0 aliphatic heterocycles. The Hall–Kier alpha value is -6.62. The molecule has 0 atom stereocenters. The van der Waals surface area contributed by atoms with Crippen molar-refractivity contribution in [2.75, 3.05) is 7.11 Å². The van der Waals surface area contributed by atoms with E-state index in [9.17, 15) is 52.8 Å². The SMILES string of the molecule is COC(=O)CCc1ccc2c(ccn2S(=O)(=O)c2ccc(-c3cccc(OC(F)(F)F)c3)s2)c1.O=C(O)CCc1ccc2c(ccn2S(=O)(=O)c2ccc(-c3cccc(OC(F)(F)F)c3)s2)c1. The summed E-state index contributed by atoms with van der Waals surface area (Å²) in [6.45, 7) is 0. The lowest BCUT2D eigenvalue weighted by atomic mass is 10.1. The first-order valence-corrected chi connectivity index (χ1v) is 24.0. The molecular weight excluding hydrogens is 971 g/mol. The average molecular weight is 1010 g/mol. The summed E-state index contributed by atoms with van der Waals surface area (Å²) in [4.78, 5) is 23.1. The summed E-state index contributed by atoms with van der Waals surface area (Å²) in [7, 11) is -6.58. The van der Waals surface area contributed by atoms with Crippen molar-refractivity contribution in [3.63, 3.8) is 0 Å². The highest BCUT2D eigenvalue weighted by molar-refractivity contribution is 7.92. The van der Waals surface area contributed by atoms with E-state index in [2.05, 4.69) is 14.2 Å². The molecule has 0 bridgehead atoms. The van der Waals surface area contributed by atoms with Crippen molar-refractivity contribution in [3.05, 3.63) is 145 Å². The van der Waals surface area contributed by atoms with Crippen molar-refractivity contribution in [1.29, 1.82) is 0 Å². The van der Waals surface area contributed by atoms with Gasteiger partial charge in [0.15, 0.2) is 0 Å².